The highest BCUT2D eigenvalue weighted by molar-refractivity contribution is 6.03. The standard InChI is InChI=1S/C17H19N3O4/c1-12-4-6-14(15(10-12)20(22)23)18-17(21)16-7-5-13(24-16)11-19-8-2-3-9-19/h4-7,10H,2-3,8-9,11H2,1H3,(H,18,21). The minimum atomic E-state index is -0.510. The van der Waals surface area contributed by atoms with Crippen LogP contribution in [-0.4, -0.2) is 28.8 Å². The minimum Gasteiger partial charge on any atom is -0.455 e. The molecule has 1 aliphatic heterocycles. The maximum atomic E-state index is 12.3. The molecule has 7 nitrogen and oxygen atoms in total. The average molecular weight is 329 g/mol. The highest BCUT2D eigenvalue weighted by Gasteiger charge is 2.20. The van der Waals surface area contributed by atoms with Crippen LogP contribution in [0.15, 0.2) is 34.7 Å². The third kappa shape index (κ3) is 3.62. The van der Waals surface area contributed by atoms with Crippen molar-refractivity contribution >= 4 is 17.3 Å². The maximum Gasteiger partial charge on any atom is 0.293 e. The van der Waals surface area contributed by atoms with Crippen LogP contribution in [0.3, 0.4) is 0 Å². The van der Waals surface area contributed by atoms with Gasteiger partial charge < -0.3 is 9.73 Å². The van der Waals surface area contributed by atoms with Gasteiger partial charge in [0.15, 0.2) is 5.76 Å². The summed E-state index contributed by atoms with van der Waals surface area (Å²) in [6.07, 6.45) is 2.37. The van der Waals surface area contributed by atoms with Crippen LogP contribution in [0.4, 0.5) is 11.4 Å². The van der Waals surface area contributed by atoms with Gasteiger partial charge in [-0.2, -0.15) is 0 Å². The molecule has 7 heteroatoms. The van der Waals surface area contributed by atoms with Gasteiger partial charge in [-0.25, -0.2) is 0 Å². The van der Waals surface area contributed by atoms with Gasteiger partial charge >= 0.3 is 0 Å². The van der Waals surface area contributed by atoms with E-state index in [1.807, 2.05) is 0 Å². The molecule has 1 saturated heterocycles. The van der Waals surface area contributed by atoms with Crippen LogP contribution < -0.4 is 5.32 Å². The van der Waals surface area contributed by atoms with Gasteiger partial charge in [-0.15, -0.1) is 0 Å². The number of likely N-dealkylation sites (tertiary alicyclic amines) is 1. The first-order chi connectivity index (χ1) is 11.5. The number of carbonyl (C=O) groups excluding carboxylic acids is 1. The largest absolute Gasteiger partial charge is 0.455 e. The van der Waals surface area contributed by atoms with Gasteiger partial charge in [-0.3, -0.25) is 19.8 Å². The molecule has 0 bridgehead atoms. The Bertz CT molecular complexity index is 763. The summed E-state index contributed by atoms with van der Waals surface area (Å²) in [6, 6.07) is 8.04. The van der Waals surface area contributed by atoms with E-state index in [1.54, 1.807) is 25.1 Å². The zero-order valence-corrected chi connectivity index (χ0v) is 13.4. The number of rotatable bonds is 5. The van der Waals surface area contributed by atoms with E-state index in [1.165, 1.54) is 25.0 Å². The van der Waals surface area contributed by atoms with Gasteiger partial charge in [-0.05, 0) is 56.6 Å². The van der Waals surface area contributed by atoms with Crippen molar-refractivity contribution in [2.75, 3.05) is 18.4 Å². The van der Waals surface area contributed by atoms with Crippen LogP contribution in [0.2, 0.25) is 0 Å². The molecule has 0 saturated carbocycles. The minimum absolute atomic E-state index is 0.132. The van der Waals surface area contributed by atoms with E-state index in [9.17, 15) is 14.9 Å². The van der Waals surface area contributed by atoms with E-state index < -0.39 is 10.8 Å². The number of nitro benzene ring substituents is 1. The summed E-state index contributed by atoms with van der Waals surface area (Å²) in [5.41, 5.74) is 0.783. The molecular weight excluding hydrogens is 310 g/mol. The van der Waals surface area contributed by atoms with Crippen molar-refractivity contribution in [1.29, 1.82) is 0 Å². The van der Waals surface area contributed by atoms with Gasteiger partial charge in [-0.1, -0.05) is 6.07 Å². The van der Waals surface area contributed by atoms with Crippen LogP contribution in [0.1, 0.15) is 34.7 Å². The summed E-state index contributed by atoms with van der Waals surface area (Å²) >= 11 is 0. The van der Waals surface area contributed by atoms with E-state index >= 15 is 0 Å². The normalized spacial score (nSPS) is 14.7. The molecule has 24 heavy (non-hydrogen) atoms. The number of hydrogen-bond donors (Lipinski definition) is 1. The summed E-state index contributed by atoms with van der Waals surface area (Å²) in [6.45, 7) is 4.52. The van der Waals surface area contributed by atoms with Crippen molar-refractivity contribution in [2.45, 2.75) is 26.3 Å². The molecule has 0 radical (unpaired) electrons. The fourth-order valence-corrected chi connectivity index (χ4v) is 2.83. The lowest BCUT2D eigenvalue weighted by Crippen LogP contribution is -2.18. The second-order valence-electron chi connectivity index (χ2n) is 5.98. The quantitative estimate of drug-likeness (QED) is 0.671. The van der Waals surface area contributed by atoms with E-state index in [-0.39, 0.29) is 17.1 Å². The second-order valence-corrected chi connectivity index (χ2v) is 5.98. The van der Waals surface area contributed by atoms with Crippen LogP contribution >= 0.6 is 0 Å². The molecule has 1 N–H and O–H groups in total. The molecule has 126 valence electrons. The maximum absolute atomic E-state index is 12.3. The number of anilines is 1. The summed E-state index contributed by atoms with van der Waals surface area (Å²) in [4.78, 5) is 25.2. The third-order valence-corrected chi connectivity index (χ3v) is 4.06. The van der Waals surface area contributed by atoms with Crippen LogP contribution in [0, 0.1) is 17.0 Å². The van der Waals surface area contributed by atoms with Gasteiger partial charge in [0.05, 0.1) is 11.5 Å². The average Bonchev–Trinajstić information content (AvgIpc) is 3.21. The highest BCUT2D eigenvalue weighted by Crippen LogP contribution is 2.26. The first-order valence-electron chi connectivity index (χ1n) is 7.90. The lowest BCUT2D eigenvalue weighted by molar-refractivity contribution is -0.384. The fraction of sp³-hybridized carbons (Fsp3) is 0.353. The topological polar surface area (TPSA) is 88.6 Å². The second kappa shape index (κ2) is 6.84. The highest BCUT2D eigenvalue weighted by atomic mass is 16.6. The van der Waals surface area contributed by atoms with Crippen LogP contribution in [0.25, 0.3) is 0 Å². The smallest absolute Gasteiger partial charge is 0.293 e. The van der Waals surface area contributed by atoms with Gasteiger partial charge in [0.1, 0.15) is 11.4 Å². The Morgan fingerprint density at radius 2 is 2.04 bits per heavy atom. The molecule has 2 aromatic rings. The number of furan rings is 1. The summed E-state index contributed by atoms with van der Waals surface area (Å²) in [5.74, 6) is 0.383. The van der Waals surface area contributed by atoms with E-state index in [4.69, 9.17) is 4.42 Å². The Morgan fingerprint density at radius 3 is 2.75 bits per heavy atom. The monoisotopic (exact) mass is 329 g/mol. The number of nitrogens with zero attached hydrogens (tertiary/aromatic N) is 2. The van der Waals surface area contributed by atoms with Crippen LogP contribution in [-0.2, 0) is 6.54 Å². The van der Waals surface area contributed by atoms with E-state index in [0.29, 0.717) is 6.54 Å². The zero-order valence-electron chi connectivity index (χ0n) is 13.4. The number of nitrogens with one attached hydrogen (secondary N) is 1. The summed E-state index contributed by atoms with van der Waals surface area (Å²) in [7, 11) is 0. The van der Waals surface area contributed by atoms with Gasteiger partial charge in [0.25, 0.3) is 11.6 Å². The summed E-state index contributed by atoms with van der Waals surface area (Å²) < 4.78 is 5.58. The number of carbonyl (C=O) groups is 1. The van der Waals surface area contributed by atoms with Crippen molar-refractivity contribution in [3.8, 4) is 0 Å². The Labute approximate surface area is 139 Å². The number of nitro groups is 1. The van der Waals surface area contributed by atoms with Crippen molar-refractivity contribution in [3.63, 3.8) is 0 Å². The van der Waals surface area contributed by atoms with E-state index in [2.05, 4.69) is 10.2 Å². The molecule has 0 atom stereocenters. The Hall–Kier alpha value is -2.67. The molecule has 0 unspecified atom stereocenters. The number of benzene rings is 1. The van der Waals surface area contributed by atoms with E-state index in [0.717, 1.165) is 24.4 Å². The third-order valence-electron chi connectivity index (χ3n) is 4.06. The van der Waals surface area contributed by atoms with Crippen molar-refractivity contribution in [2.24, 2.45) is 0 Å². The fourth-order valence-electron chi connectivity index (χ4n) is 2.83. The molecular formula is C17H19N3O4. The molecule has 1 aliphatic rings. The predicted octanol–water partition coefficient (Wildman–Crippen LogP) is 3.34. The molecule has 0 aliphatic carbocycles. The predicted molar refractivity (Wildman–Crippen MR) is 89.0 cm³/mol. The zero-order chi connectivity index (χ0) is 17.1. The number of aryl methyl sites for hydroxylation is 1. The number of amides is 1. The molecule has 1 aromatic heterocycles. The Balaban J connectivity index is 1.71. The SMILES string of the molecule is Cc1ccc(NC(=O)c2ccc(CN3CCCC3)o2)c([N+](=O)[O-])c1. The first-order valence-corrected chi connectivity index (χ1v) is 7.90. The lowest BCUT2D eigenvalue weighted by Gasteiger charge is -2.11. The molecule has 2 heterocycles. The van der Waals surface area contributed by atoms with Gasteiger partial charge in [0, 0.05) is 6.07 Å². The molecule has 0 spiro atoms. The molecule has 1 fully saturated rings. The Morgan fingerprint density at radius 1 is 1.29 bits per heavy atom. The Kier molecular flexibility index (Phi) is 4.61. The summed E-state index contributed by atoms with van der Waals surface area (Å²) in [5, 5.41) is 13.7. The number of hydrogen-bond acceptors (Lipinski definition) is 5. The molecule has 3 rings (SSSR count). The van der Waals surface area contributed by atoms with Crippen molar-refractivity contribution in [3.05, 3.63) is 57.5 Å². The van der Waals surface area contributed by atoms with Gasteiger partial charge in [0.2, 0.25) is 0 Å². The first kappa shape index (κ1) is 16.2. The van der Waals surface area contributed by atoms with Crippen molar-refractivity contribution in [1.82, 2.24) is 4.90 Å². The lowest BCUT2D eigenvalue weighted by atomic mass is 10.2. The molecule has 1 aromatic carbocycles. The molecule has 1 amide bonds. The van der Waals surface area contributed by atoms with Crippen molar-refractivity contribution < 1.29 is 14.1 Å². The van der Waals surface area contributed by atoms with Crippen LogP contribution in [0.5, 0.6) is 0 Å².